The highest BCUT2D eigenvalue weighted by atomic mass is 32.1. The molecule has 0 N–H and O–H groups in total. The summed E-state index contributed by atoms with van der Waals surface area (Å²) in [4.78, 5) is 43.9. The molecular weight excluding hydrogens is 488 g/mol. The Labute approximate surface area is 209 Å². The number of nitrogens with zero attached hydrogens (tertiary/aromatic N) is 2. The summed E-state index contributed by atoms with van der Waals surface area (Å²) in [5, 5.41) is 1.91. The molecule has 1 atom stereocenters. The summed E-state index contributed by atoms with van der Waals surface area (Å²) in [6, 6.07) is 10.3. The second-order valence-corrected chi connectivity index (χ2v) is 9.47. The van der Waals surface area contributed by atoms with Gasteiger partial charge >= 0.3 is 11.9 Å². The van der Waals surface area contributed by atoms with Crippen molar-refractivity contribution in [1.29, 1.82) is 0 Å². The molecule has 3 heterocycles. The van der Waals surface area contributed by atoms with Gasteiger partial charge in [0.15, 0.2) is 11.4 Å². The number of thiazole rings is 1. The first-order valence-electron chi connectivity index (χ1n) is 11.0. The average Bonchev–Trinajstić information content (AvgIpc) is 3.46. The molecule has 0 spiro atoms. The van der Waals surface area contributed by atoms with Crippen LogP contribution in [0.3, 0.4) is 0 Å². The maximum atomic E-state index is 13.5. The monoisotopic (exact) mass is 512 g/mol. The third-order valence-corrected chi connectivity index (χ3v) is 7.06. The molecule has 0 aliphatic carbocycles. The summed E-state index contributed by atoms with van der Waals surface area (Å²) in [6.07, 6.45) is 1.75. The van der Waals surface area contributed by atoms with Crippen LogP contribution in [0, 0.1) is 0 Å². The number of allylic oxidation sites excluding steroid dienone is 1. The van der Waals surface area contributed by atoms with Gasteiger partial charge < -0.3 is 14.2 Å². The quantitative estimate of drug-likeness (QED) is 0.431. The third kappa shape index (κ3) is 5.28. The van der Waals surface area contributed by atoms with E-state index in [0.717, 1.165) is 10.4 Å². The number of benzene rings is 1. The van der Waals surface area contributed by atoms with Crippen LogP contribution in [0.4, 0.5) is 0 Å². The molecule has 0 bridgehead atoms. The molecule has 0 amide bonds. The van der Waals surface area contributed by atoms with E-state index in [0.29, 0.717) is 26.4 Å². The number of ether oxygens (including phenoxy) is 3. The van der Waals surface area contributed by atoms with E-state index in [-0.39, 0.29) is 25.4 Å². The number of carbonyl (C=O) groups is 2. The molecule has 0 saturated heterocycles. The van der Waals surface area contributed by atoms with Crippen molar-refractivity contribution in [2.75, 3.05) is 19.8 Å². The van der Waals surface area contributed by atoms with Gasteiger partial charge in [0.1, 0.15) is 11.8 Å². The molecule has 4 rings (SSSR count). The second-order valence-electron chi connectivity index (χ2n) is 7.48. The Hall–Kier alpha value is -3.50. The van der Waals surface area contributed by atoms with E-state index >= 15 is 0 Å². The van der Waals surface area contributed by atoms with Gasteiger partial charge in [0.2, 0.25) is 0 Å². The van der Waals surface area contributed by atoms with Gasteiger partial charge in [0.25, 0.3) is 5.56 Å². The molecule has 0 saturated carbocycles. The van der Waals surface area contributed by atoms with E-state index < -0.39 is 18.0 Å². The maximum Gasteiger partial charge on any atom is 0.344 e. The van der Waals surface area contributed by atoms with Crippen molar-refractivity contribution < 1.29 is 23.8 Å². The molecule has 8 nitrogen and oxygen atoms in total. The van der Waals surface area contributed by atoms with E-state index in [4.69, 9.17) is 14.2 Å². The predicted octanol–water partition coefficient (Wildman–Crippen LogP) is 2.80. The first kappa shape index (κ1) is 24.6. The fourth-order valence-electron chi connectivity index (χ4n) is 3.70. The number of aromatic nitrogens is 1. The van der Waals surface area contributed by atoms with Crippen molar-refractivity contribution in [3.63, 3.8) is 0 Å². The number of carbonyl (C=O) groups excluding carboxylic acids is 2. The van der Waals surface area contributed by atoms with Crippen molar-refractivity contribution in [1.82, 2.24) is 4.57 Å². The minimum atomic E-state index is -0.605. The van der Waals surface area contributed by atoms with Gasteiger partial charge in [-0.05, 0) is 56.0 Å². The lowest BCUT2D eigenvalue weighted by atomic mass is 10.0. The SMILES string of the molecule is CCOC(=O)COc1cccc(/C=c2\sc3n(c2=O)[C@@H](c2cccs2)C(C(=O)OCC)=C(C)N=3)c1. The number of fused-ring (bicyclic) bond motifs is 1. The van der Waals surface area contributed by atoms with Gasteiger partial charge in [-0.25, -0.2) is 14.6 Å². The minimum absolute atomic E-state index is 0.198. The van der Waals surface area contributed by atoms with Gasteiger partial charge in [0, 0.05) is 4.88 Å². The van der Waals surface area contributed by atoms with Crippen molar-refractivity contribution in [2.24, 2.45) is 4.99 Å². The fourth-order valence-corrected chi connectivity index (χ4v) is 5.57. The van der Waals surface area contributed by atoms with Gasteiger partial charge in [-0.3, -0.25) is 9.36 Å². The van der Waals surface area contributed by atoms with Crippen LogP contribution in [0.25, 0.3) is 6.08 Å². The Morgan fingerprint density at radius 2 is 1.94 bits per heavy atom. The van der Waals surface area contributed by atoms with Crippen LogP contribution in [0.15, 0.2) is 62.8 Å². The fraction of sp³-hybridized carbons (Fsp3) is 0.280. The first-order chi connectivity index (χ1) is 16.9. The number of thiophene rings is 1. The van der Waals surface area contributed by atoms with Crippen LogP contribution in [-0.2, 0) is 19.1 Å². The molecule has 0 unspecified atom stereocenters. The highest BCUT2D eigenvalue weighted by Gasteiger charge is 2.33. The summed E-state index contributed by atoms with van der Waals surface area (Å²) < 4.78 is 17.7. The molecule has 1 aliphatic heterocycles. The van der Waals surface area contributed by atoms with Gasteiger partial charge in [-0.15, -0.1) is 11.3 Å². The lowest BCUT2D eigenvalue weighted by Crippen LogP contribution is -2.39. The molecule has 1 aliphatic rings. The van der Waals surface area contributed by atoms with Crippen LogP contribution in [0.2, 0.25) is 0 Å². The lowest BCUT2D eigenvalue weighted by molar-refractivity contribution is -0.145. The van der Waals surface area contributed by atoms with Crippen LogP contribution in [0.1, 0.15) is 37.3 Å². The van der Waals surface area contributed by atoms with Gasteiger partial charge in [-0.2, -0.15) is 0 Å². The Kier molecular flexibility index (Phi) is 7.62. The molecule has 35 heavy (non-hydrogen) atoms. The van der Waals surface area contributed by atoms with E-state index in [1.807, 2.05) is 23.6 Å². The smallest absolute Gasteiger partial charge is 0.344 e. The van der Waals surface area contributed by atoms with Crippen LogP contribution in [-0.4, -0.2) is 36.3 Å². The summed E-state index contributed by atoms with van der Waals surface area (Å²) in [5.74, 6) is -0.447. The minimum Gasteiger partial charge on any atom is -0.482 e. The molecular formula is C25H24N2O6S2. The third-order valence-electron chi connectivity index (χ3n) is 5.15. The summed E-state index contributed by atoms with van der Waals surface area (Å²) in [5.41, 5.74) is 1.37. The van der Waals surface area contributed by atoms with E-state index in [9.17, 15) is 14.4 Å². The zero-order valence-corrected chi connectivity index (χ0v) is 21.1. The zero-order valence-electron chi connectivity index (χ0n) is 19.5. The van der Waals surface area contributed by atoms with Crippen LogP contribution < -0.4 is 19.6 Å². The molecule has 0 radical (unpaired) electrons. The van der Waals surface area contributed by atoms with Crippen LogP contribution in [0.5, 0.6) is 5.75 Å². The number of esters is 2. The number of hydrogen-bond acceptors (Lipinski definition) is 9. The normalized spacial score (nSPS) is 15.4. The molecule has 1 aromatic carbocycles. The van der Waals surface area contributed by atoms with E-state index in [1.54, 1.807) is 49.6 Å². The van der Waals surface area contributed by atoms with E-state index in [2.05, 4.69) is 4.99 Å². The first-order valence-corrected chi connectivity index (χ1v) is 12.7. The standard InChI is InChI=1S/C25H24N2O6S2/c1-4-31-20(28)14-33-17-9-6-8-16(12-17)13-19-23(29)27-22(18-10-7-11-34-18)21(24(30)32-5-2)15(3)26-25(27)35-19/h6-13,22H,4-5,14H2,1-3H3/b19-13-/t22-/m0/s1. The van der Waals surface area contributed by atoms with Crippen molar-refractivity contribution >= 4 is 40.7 Å². The van der Waals surface area contributed by atoms with Crippen molar-refractivity contribution in [2.45, 2.75) is 26.8 Å². The predicted molar refractivity (Wildman–Crippen MR) is 133 cm³/mol. The number of rotatable bonds is 8. The molecule has 0 fully saturated rings. The Morgan fingerprint density at radius 1 is 1.14 bits per heavy atom. The summed E-state index contributed by atoms with van der Waals surface area (Å²) in [6.45, 7) is 5.55. The molecule has 3 aromatic rings. The highest BCUT2D eigenvalue weighted by molar-refractivity contribution is 7.10. The Balaban J connectivity index is 1.75. The topological polar surface area (TPSA) is 96.2 Å². The largest absolute Gasteiger partial charge is 0.482 e. The molecule has 2 aromatic heterocycles. The zero-order chi connectivity index (χ0) is 24.9. The Bertz CT molecular complexity index is 1450. The molecule has 182 valence electrons. The van der Waals surface area contributed by atoms with Crippen LogP contribution >= 0.6 is 22.7 Å². The maximum absolute atomic E-state index is 13.5. The van der Waals surface area contributed by atoms with Crippen molar-refractivity contribution in [3.8, 4) is 5.75 Å². The van der Waals surface area contributed by atoms with Gasteiger partial charge in [0.05, 0.1) is 29.0 Å². The summed E-state index contributed by atoms with van der Waals surface area (Å²) in [7, 11) is 0. The second kappa shape index (κ2) is 10.8. The van der Waals surface area contributed by atoms with Crippen molar-refractivity contribution in [3.05, 3.63) is 83.2 Å². The Morgan fingerprint density at radius 3 is 2.66 bits per heavy atom. The average molecular weight is 513 g/mol. The lowest BCUT2D eigenvalue weighted by Gasteiger charge is -2.23. The van der Waals surface area contributed by atoms with Gasteiger partial charge in [-0.1, -0.05) is 29.5 Å². The number of hydrogen-bond donors (Lipinski definition) is 0. The summed E-state index contributed by atoms with van der Waals surface area (Å²) >= 11 is 2.72. The van der Waals surface area contributed by atoms with E-state index in [1.165, 1.54) is 22.7 Å². The molecule has 10 heteroatoms. The highest BCUT2D eigenvalue weighted by Crippen LogP contribution is 2.33.